The molecule has 0 N–H and O–H groups in total. The van der Waals surface area contributed by atoms with Crippen molar-refractivity contribution in [2.45, 2.75) is 26.3 Å². The number of carbonyl (C=O) groups is 2. The van der Waals surface area contributed by atoms with Gasteiger partial charge in [-0.2, -0.15) is 0 Å². The first-order valence-corrected chi connectivity index (χ1v) is 8.10. The second-order valence-corrected chi connectivity index (χ2v) is 6.05. The fraction of sp³-hybridized carbons (Fsp3) is 0.368. The summed E-state index contributed by atoms with van der Waals surface area (Å²) in [6, 6.07) is 10.6. The second-order valence-electron chi connectivity index (χ2n) is 6.05. The summed E-state index contributed by atoms with van der Waals surface area (Å²) in [5, 5.41) is 0. The van der Waals surface area contributed by atoms with Gasteiger partial charge in [-0.1, -0.05) is 30.3 Å². The van der Waals surface area contributed by atoms with Gasteiger partial charge in [0.25, 0.3) is 5.91 Å². The normalized spacial score (nSPS) is 17.8. The first kappa shape index (κ1) is 16.5. The zero-order valence-electron chi connectivity index (χ0n) is 14.0. The molecule has 2 heterocycles. The fourth-order valence-corrected chi connectivity index (χ4v) is 3.05. The van der Waals surface area contributed by atoms with Crippen LogP contribution in [0.2, 0.25) is 0 Å². The molecule has 0 radical (unpaired) electrons. The van der Waals surface area contributed by atoms with Gasteiger partial charge in [-0.05, 0) is 19.9 Å². The molecule has 1 fully saturated rings. The summed E-state index contributed by atoms with van der Waals surface area (Å²) in [6.45, 7) is 4.94. The monoisotopic (exact) mass is 327 g/mol. The molecule has 1 aromatic carbocycles. The summed E-state index contributed by atoms with van der Waals surface area (Å²) in [6.07, 6.45) is 0.256. The average Bonchev–Trinajstić information content (AvgIpc) is 2.94. The highest BCUT2D eigenvalue weighted by molar-refractivity contribution is 5.98. The van der Waals surface area contributed by atoms with E-state index < -0.39 is 0 Å². The van der Waals surface area contributed by atoms with Crippen LogP contribution in [0.4, 0.5) is 0 Å². The van der Waals surface area contributed by atoms with Crippen molar-refractivity contribution in [2.75, 3.05) is 19.8 Å². The number of furan rings is 1. The minimum atomic E-state index is -0.256. The van der Waals surface area contributed by atoms with Crippen molar-refractivity contribution in [3.63, 3.8) is 0 Å². The van der Waals surface area contributed by atoms with E-state index in [-0.39, 0.29) is 24.2 Å². The molecule has 3 rings (SSSR count). The van der Waals surface area contributed by atoms with Crippen molar-refractivity contribution < 1.29 is 18.7 Å². The molecule has 1 aliphatic heterocycles. The maximum Gasteiger partial charge on any atom is 0.257 e. The lowest BCUT2D eigenvalue weighted by Crippen LogP contribution is -2.49. The first-order chi connectivity index (χ1) is 11.6. The summed E-state index contributed by atoms with van der Waals surface area (Å²) in [5.74, 6) is 1.24. The number of morpholine rings is 1. The van der Waals surface area contributed by atoms with Crippen molar-refractivity contribution in [3.05, 3.63) is 59.0 Å². The minimum Gasteiger partial charge on any atom is -0.466 e. The van der Waals surface area contributed by atoms with Crippen LogP contribution in [-0.2, 0) is 4.74 Å². The molecule has 0 bridgehead atoms. The molecule has 1 atom stereocenters. The Kier molecular flexibility index (Phi) is 4.81. The van der Waals surface area contributed by atoms with Gasteiger partial charge in [0, 0.05) is 18.5 Å². The third-order valence-corrected chi connectivity index (χ3v) is 4.28. The van der Waals surface area contributed by atoms with E-state index in [2.05, 4.69) is 0 Å². The molecule has 0 saturated carbocycles. The van der Waals surface area contributed by atoms with Gasteiger partial charge in [-0.3, -0.25) is 9.59 Å². The number of hydrogen-bond acceptors (Lipinski definition) is 4. The SMILES string of the molecule is Cc1cc(C(=O)N2CCOCC2CC(=O)c2ccccc2)c(C)o1. The van der Waals surface area contributed by atoms with Crippen LogP contribution >= 0.6 is 0 Å². The molecule has 1 unspecified atom stereocenters. The van der Waals surface area contributed by atoms with Crippen LogP contribution in [0.1, 0.15) is 38.7 Å². The van der Waals surface area contributed by atoms with Crippen LogP contribution in [0.15, 0.2) is 40.8 Å². The zero-order chi connectivity index (χ0) is 17.1. The van der Waals surface area contributed by atoms with Crippen molar-refractivity contribution in [3.8, 4) is 0 Å². The molecular formula is C19H21NO4. The highest BCUT2D eigenvalue weighted by atomic mass is 16.5. The lowest BCUT2D eigenvalue weighted by Gasteiger charge is -2.35. The standard InChI is InChI=1S/C19H21NO4/c1-13-10-17(14(2)24-13)19(22)20-8-9-23-12-16(20)11-18(21)15-6-4-3-5-7-15/h3-7,10,16H,8-9,11-12H2,1-2H3. The van der Waals surface area contributed by atoms with Gasteiger partial charge in [-0.15, -0.1) is 0 Å². The van der Waals surface area contributed by atoms with Gasteiger partial charge >= 0.3 is 0 Å². The first-order valence-electron chi connectivity index (χ1n) is 8.10. The number of carbonyl (C=O) groups excluding carboxylic acids is 2. The summed E-state index contributed by atoms with van der Waals surface area (Å²) >= 11 is 0. The van der Waals surface area contributed by atoms with Crippen LogP contribution in [0.5, 0.6) is 0 Å². The van der Waals surface area contributed by atoms with Gasteiger partial charge in [0.2, 0.25) is 0 Å². The van der Waals surface area contributed by atoms with E-state index in [4.69, 9.17) is 9.15 Å². The van der Waals surface area contributed by atoms with Crippen LogP contribution in [0, 0.1) is 13.8 Å². The molecule has 24 heavy (non-hydrogen) atoms. The third-order valence-electron chi connectivity index (χ3n) is 4.28. The summed E-state index contributed by atoms with van der Waals surface area (Å²) in [4.78, 5) is 27.1. The number of ether oxygens (including phenoxy) is 1. The molecule has 1 saturated heterocycles. The molecular weight excluding hydrogens is 306 g/mol. The Morgan fingerprint density at radius 1 is 1.21 bits per heavy atom. The number of hydrogen-bond donors (Lipinski definition) is 0. The summed E-state index contributed by atoms with van der Waals surface area (Å²) in [5.41, 5.74) is 1.22. The van der Waals surface area contributed by atoms with Crippen LogP contribution < -0.4 is 0 Å². The molecule has 2 aromatic rings. The van der Waals surface area contributed by atoms with E-state index in [1.165, 1.54) is 0 Å². The molecule has 1 aliphatic rings. The Morgan fingerprint density at radius 3 is 2.62 bits per heavy atom. The Hall–Kier alpha value is -2.40. The Morgan fingerprint density at radius 2 is 1.96 bits per heavy atom. The highest BCUT2D eigenvalue weighted by Crippen LogP contribution is 2.21. The van der Waals surface area contributed by atoms with Crippen molar-refractivity contribution in [1.82, 2.24) is 4.90 Å². The predicted molar refractivity (Wildman–Crippen MR) is 89.2 cm³/mol. The number of amides is 1. The van der Waals surface area contributed by atoms with Gasteiger partial charge in [0.1, 0.15) is 11.5 Å². The zero-order valence-corrected chi connectivity index (χ0v) is 14.0. The number of benzene rings is 1. The van der Waals surface area contributed by atoms with Crippen molar-refractivity contribution in [1.29, 1.82) is 0 Å². The molecule has 126 valence electrons. The Balaban J connectivity index is 1.77. The number of Topliss-reactive ketones (excluding diaryl/α,β-unsaturated/α-hetero) is 1. The maximum absolute atomic E-state index is 12.9. The number of ketones is 1. The number of nitrogens with zero attached hydrogens (tertiary/aromatic N) is 1. The largest absolute Gasteiger partial charge is 0.466 e. The number of aryl methyl sites for hydroxylation is 2. The van der Waals surface area contributed by atoms with E-state index in [9.17, 15) is 9.59 Å². The lowest BCUT2D eigenvalue weighted by molar-refractivity contribution is -0.00289. The Bertz CT molecular complexity index is 735. The van der Waals surface area contributed by atoms with E-state index in [0.717, 1.165) is 0 Å². The molecule has 1 amide bonds. The smallest absolute Gasteiger partial charge is 0.257 e. The van der Waals surface area contributed by atoms with Gasteiger partial charge in [-0.25, -0.2) is 0 Å². The minimum absolute atomic E-state index is 0.0176. The third kappa shape index (κ3) is 3.41. The second kappa shape index (κ2) is 7.01. The predicted octanol–water partition coefficient (Wildman–Crippen LogP) is 3.01. The fourth-order valence-electron chi connectivity index (χ4n) is 3.05. The van der Waals surface area contributed by atoms with Gasteiger partial charge < -0.3 is 14.1 Å². The summed E-state index contributed by atoms with van der Waals surface area (Å²) < 4.78 is 11.0. The molecule has 0 aliphatic carbocycles. The van der Waals surface area contributed by atoms with E-state index in [1.54, 1.807) is 30.0 Å². The lowest BCUT2D eigenvalue weighted by atomic mass is 10.0. The molecule has 5 nitrogen and oxygen atoms in total. The van der Waals surface area contributed by atoms with Crippen LogP contribution in [-0.4, -0.2) is 42.4 Å². The van der Waals surface area contributed by atoms with Crippen LogP contribution in [0.3, 0.4) is 0 Å². The molecule has 0 spiro atoms. The molecule has 1 aromatic heterocycles. The molecule has 5 heteroatoms. The van der Waals surface area contributed by atoms with Crippen LogP contribution in [0.25, 0.3) is 0 Å². The Labute approximate surface area is 141 Å². The van der Waals surface area contributed by atoms with Gasteiger partial charge in [0.15, 0.2) is 5.78 Å². The van der Waals surface area contributed by atoms with E-state index in [1.807, 2.05) is 25.1 Å². The van der Waals surface area contributed by atoms with E-state index >= 15 is 0 Å². The quantitative estimate of drug-likeness (QED) is 0.810. The van der Waals surface area contributed by atoms with Crippen molar-refractivity contribution in [2.24, 2.45) is 0 Å². The summed E-state index contributed by atoms with van der Waals surface area (Å²) in [7, 11) is 0. The highest BCUT2D eigenvalue weighted by Gasteiger charge is 2.31. The van der Waals surface area contributed by atoms with E-state index in [0.29, 0.717) is 42.4 Å². The number of rotatable bonds is 4. The van der Waals surface area contributed by atoms with Gasteiger partial charge in [0.05, 0.1) is 24.8 Å². The maximum atomic E-state index is 12.9. The van der Waals surface area contributed by atoms with Crippen molar-refractivity contribution >= 4 is 11.7 Å². The average molecular weight is 327 g/mol. The topological polar surface area (TPSA) is 59.8 Å².